The Morgan fingerprint density at radius 1 is 1.39 bits per heavy atom. The lowest BCUT2D eigenvalue weighted by molar-refractivity contribution is -0.138. The van der Waals surface area contributed by atoms with Crippen LogP contribution in [0.25, 0.3) is 0 Å². The van der Waals surface area contributed by atoms with Crippen molar-refractivity contribution >= 4 is 11.8 Å². The summed E-state index contributed by atoms with van der Waals surface area (Å²) < 4.78 is 1.66. The van der Waals surface area contributed by atoms with Gasteiger partial charge in [-0.2, -0.15) is 5.10 Å². The second kappa shape index (κ2) is 4.58. The number of rotatable bonds is 3. The Hall–Kier alpha value is -1.85. The van der Waals surface area contributed by atoms with Crippen LogP contribution in [0.15, 0.2) is 6.20 Å². The van der Waals surface area contributed by atoms with E-state index in [0.29, 0.717) is 18.0 Å². The fraction of sp³-hybridized carbons (Fsp3) is 0.647. The molecule has 4 bridgehead atoms. The van der Waals surface area contributed by atoms with Gasteiger partial charge in [-0.05, 0) is 57.3 Å². The van der Waals surface area contributed by atoms with E-state index in [0.717, 1.165) is 37.7 Å². The van der Waals surface area contributed by atoms with Crippen molar-refractivity contribution in [1.29, 1.82) is 0 Å². The van der Waals surface area contributed by atoms with Crippen LogP contribution in [0.5, 0.6) is 0 Å². The van der Waals surface area contributed by atoms with Crippen LogP contribution in [-0.4, -0.2) is 27.1 Å². The van der Waals surface area contributed by atoms with Gasteiger partial charge in [0.15, 0.2) is 5.69 Å². The number of nitrogens with two attached hydrogens (primary N) is 1. The number of aromatic nitrogens is 2. The molecule has 123 valence electrons. The van der Waals surface area contributed by atoms with E-state index in [2.05, 4.69) is 10.4 Å². The first kappa shape index (κ1) is 14.7. The summed E-state index contributed by atoms with van der Waals surface area (Å²) in [4.78, 5) is 24.8. The Morgan fingerprint density at radius 3 is 2.78 bits per heavy atom. The van der Waals surface area contributed by atoms with Crippen molar-refractivity contribution in [3.05, 3.63) is 23.4 Å². The quantitative estimate of drug-likeness (QED) is 0.879. The van der Waals surface area contributed by atoms with Gasteiger partial charge in [-0.25, -0.2) is 0 Å². The number of primary amides is 1. The summed E-state index contributed by atoms with van der Waals surface area (Å²) in [6, 6.07) is 0. The van der Waals surface area contributed by atoms with Crippen molar-refractivity contribution in [1.82, 2.24) is 15.1 Å². The number of carbonyl (C=O) groups is 2. The first-order valence-electron chi connectivity index (χ1n) is 8.27. The molecule has 6 heteroatoms. The van der Waals surface area contributed by atoms with Crippen molar-refractivity contribution in [2.24, 2.45) is 24.1 Å². The van der Waals surface area contributed by atoms with Gasteiger partial charge in [0.25, 0.3) is 5.91 Å². The van der Waals surface area contributed by atoms with E-state index in [9.17, 15) is 9.59 Å². The van der Waals surface area contributed by atoms with Crippen molar-refractivity contribution in [2.75, 3.05) is 0 Å². The number of hydrogen-bond donors (Lipinski definition) is 2. The summed E-state index contributed by atoms with van der Waals surface area (Å²) in [6.45, 7) is 1.89. The highest BCUT2D eigenvalue weighted by atomic mass is 16.2. The van der Waals surface area contributed by atoms with Gasteiger partial charge in [-0.1, -0.05) is 0 Å². The summed E-state index contributed by atoms with van der Waals surface area (Å²) in [5, 5.41) is 7.50. The molecule has 3 N–H and O–H groups in total. The molecule has 1 radical (unpaired) electrons. The van der Waals surface area contributed by atoms with E-state index in [1.54, 1.807) is 4.68 Å². The van der Waals surface area contributed by atoms with Gasteiger partial charge in [0.05, 0.1) is 5.41 Å². The Balaban J connectivity index is 1.62. The smallest absolute Gasteiger partial charge is 0.272 e. The SMILES string of the molecule is Cc1cn(C)nc1C(=O)NC12C[C]3CC(C1)CC(C(N)=O)(C3)C2. The van der Waals surface area contributed by atoms with Crippen LogP contribution in [0, 0.1) is 24.2 Å². The number of carbonyl (C=O) groups excluding carboxylic acids is 2. The van der Waals surface area contributed by atoms with E-state index in [1.807, 2.05) is 20.2 Å². The van der Waals surface area contributed by atoms with Crippen LogP contribution in [0.1, 0.15) is 54.6 Å². The maximum Gasteiger partial charge on any atom is 0.272 e. The molecule has 1 aromatic rings. The van der Waals surface area contributed by atoms with Gasteiger partial charge in [0.1, 0.15) is 0 Å². The molecule has 4 saturated carbocycles. The van der Waals surface area contributed by atoms with E-state index < -0.39 is 5.41 Å². The summed E-state index contributed by atoms with van der Waals surface area (Å²) in [6.07, 6.45) is 7.14. The summed E-state index contributed by atoms with van der Waals surface area (Å²) in [7, 11) is 1.81. The summed E-state index contributed by atoms with van der Waals surface area (Å²) in [5.74, 6) is 1.53. The van der Waals surface area contributed by atoms with Crippen LogP contribution >= 0.6 is 0 Å². The van der Waals surface area contributed by atoms with Gasteiger partial charge in [0.2, 0.25) is 5.91 Å². The largest absolute Gasteiger partial charge is 0.369 e. The van der Waals surface area contributed by atoms with Crippen molar-refractivity contribution in [3.63, 3.8) is 0 Å². The predicted octanol–water partition coefficient (Wildman–Crippen LogP) is 1.24. The number of nitrogens with one attached hydrogen (secondary N) is 1. The zero-order valence-corrected chi connectivity index (χ0v) is 13.7. The fourth-order valence-corrected chi connectivity index (χ4v) is 5.50. The highest BCUT2D eigenvalue weighted by Crippen LogP contribution is 2.62. The molecule has 4 aliphatic rings. The maximum atomic E-state index is 12.7. The lowest BCUT2D eigenvalue weighted by Crippen LogP contribution is -2.65. The third-order valence-electron chi connectivity index (χ3n) is 5.92. The zero-order chi connectivity index (χ0) is 16.4. The first-order chi connectivity index (χ1) is 10.8. The lowest BCUT2D eigenvalue weighted by Gasteiger charge is -2.60. The van der Waals surface area contributed by atoms with E-state index in [-0.39, 0.29) is 17.4 Å². The number of hydrogen-bond acceptors (Lipinski definition) is 3. The minimum Gasteiger partial charge on any atom is -0.369 e. The molecule has 3 unspecified atom stereocenters. The Labute approximate surface area is 135 Å². The Morgan fingerprint density at radius 2 is 2.17 bits per heavy atom. The molecule has 1 heterocycles. The van der Waals surface area contributed by atoms with Crippen LogP contribution in [0.2, 0.25) is 0 Å². The molecule has 0 aromatic carbocycles. The van der Waals surface area contributed by atoms with Gasteiger partial charge < -0.3 is 11.1 Å². The monoisotopic (exact) mass is 315 g/mol. The minimum absolute atomic E-state index is 0.134. The lowest BCUT2D eigenvalue weighted by atomic mass is 9.46. The summed E-state index contributed by atoms with van der Waals surface area (Å²) in [5.41, 5.74) is 6.32. The van der Waals surface area contributed by atoms with Crippen molar-refractivity contribution < 1.29 is 9.59 Å². The van der Waals surface area contributed by atoms with Gasteiger partial charge >= 0.3 is 0 Å². The molecule has 4 fully saturated rings. The predicted molar refractivity (Wildman–Crippen MR) is 84.2 cm³/mol. The van der Waals surface area contributed by atoms with Crippen LogP contribution in [0.3, 0.4) is 0 Å². The average molecular weight is 315 g/mol. The average Bonchev–Trinajstić information content (AvgIpc) is 2.75. The number of amides is 2. The van der Waals surface area contributed by atoms with Crippen molar-refractivity contribution in [3.8, 4) is 0 Å². The van der Waals surface area contributed by atoms with Crippen molar-refractivity contribution in [2.45, 2.75) is 51.0 Å². The van der Waals surface area contributed by atoms with Crippen LogP contribution in [-0.2, 0) is 11.8 Å². The van der Waals surface area contributed by atoms with E-state index in [1.165, 1.54) is 5.92 Å². The Kier molecular flexibility index (Phi) is 2.93. The standard InChI is InChI=1S/C17H23N4O2/c1-10-8-21(2)20-13(10)14(22)19-17-6-11-3-12(7-17)5-16(4-11,9-17)15(18)23/h8,11H,3-7,9H2,1-2H3,(H2,18,23)(H,19,22). The molecule has 23 heavy (non-hydrogen) atoms. The topological polar surface area (TPSA) is 90.0 Å². The van der Waals surface area contributed by atoms with Gasteiger partial charge in [-0.15, -0.1) is 0 Å². The molecule has 0 saturated heterocycles. The molecule has 5 rings (SSSR count). The molecule has 2 amide bonds. The number of aryl methyl sites for hydroxylation is 2. The third kappa shape index (κ3) is 2.18. The fourth-order valence-electron chi connectivity index (χ4n) is 5.50. The highest BCUT2D eigenvalue weighted by Gasteiger charge is 2.60. The molecular formula is C17H23N4O2. The molecule has 6 nitrogen and oxygen atoms in total. The molecular weight excluding hydrogens is 292 g/mol. The molecule has 0 spiro atoms. The zero-order valence-electron chi connectivity index (χ0n) is 13.7. The maximum absolute atomic E-state index is 12.7. The molecule has 4 aliphatic carbocycles. The van der Waals surface area contributed by atoms with Gasteiger partial charge in [0, 0.05) is 24.3 Å². The third-order valence-corrected chi connectivity index (χ3v) is 5.92. The second-order valence-corrected chi connectivity index (χ2v) is 7.97. The number of nitrogens with zero attached hydrogens (tertiary/aromatic N) is 2. The minimum atomic E-state index is -0.443. The molecule has 1 aromatic heterocycles. The highest BCUT2D eigenvalue weighted by molar-refractivity contribution is 5.94. The van der Waals surface area contributed by atoms with E-state index >= 15 is 0 Å². The molecule has 0 aliphatic heterocycles. The normalized spacial score (nSPS) is 35.5. The second-order valence-electron chi connectivity index (χ2n) is 7.97. The summed E-state index contributed by atoms with van der Waals surface area (Å²) >= 11 is 0. The molecule has 3 atom stereocenters. The van der Waals surface area contributed by atoms with Gasteiger partial charge in [-0.3, -0.25) is 14.3 Å². The van der Waals surface area contributed by atoms with E-state index in [4.69, 9.17) is 5.73 Å². The van der Waals surface area contributed by atoms with Crippen LogP contribution in [0.4, 0.5) is 0 Å². The van der Waals surface area contributed by atoms with Crippen LogP contribution < -0.4 is 11.1 Å². The first-order valence-corrected chi connectivity index (χ1v) is 8.27. The Bertz CT molecular complexity index is 679.